The topological polar surface area (TPSA) is 70.3 Å². The number of benzene rings is 2. The number of carboxylic acids is 1. The molecule has 0 saturated heterocycles. The van der Waals surface area contributed by atoms with Gasteiger partial charge in [-0.2, -0.15) is 5.26 Å². The van der Waals surface area contributed by atoms with Crippen molar-refractivity contribution >= 4 is 5.97 Å². The van der Waals surface area contributed by atoms with Gasteiger partial charge in [0.05, 0.1) is 24.2 Å². The molecule has 2 aromatic carbocycles. The summed E-state index contributed by atoms with van der Waals surface area (Å²) in [6.45, 7) is 3.25. The average Bonchev–Trinajstić information content (AvgIpc) is 2.55. The van der Waals surface area contributed by atoms with Gasteiger partial charge in [0, 0.05) is 11.1 Å². The first kappa shape index (κ1) is 16.5. The summed E-state index contributed by atoms with van der Waals surface area (Å²) < 4.78 is 20.1. The van der Waals surface area contributed by atoms with Crippen molar-refractivity contribution in [1.29, 1.82) is 5.26 Å². The van der Waals surface area contributed by atoms with Crippen LogP contribution in [0.4, 0.5) is 4.39 Å². The monoisotopic (exact) mass is 313 g/mol. The first-order valence-electron chi connectivity index (χ1n) is 6.93. The highest BCUT2D eigenvalue weighted by atomic mass is 19.1. The van der Waals surface area contributed by atoms with Crippen molar-refractivity contribution in [3.63, 3.8) is 0 Å². The molecule has 0 atom stereocenters. The number of ether oxygens (including phenoxy) is 1. The highest BCUT2D eigenvalue weighted by Crippen LogP contribution is 2.35. The Morgan fingerprint density at radius 3 is 2.35 bits per heavy atom. The van der Waals surface area contributed by atoms with Crippen LogP contribution in [0.2, 0.25) is 0 Å². The molecule has 0 radical (unpaired) electrons. The van der Waals surface area contributed by atoms with Crippen LogP contribution < -0.4 is 4.74 Å². The number of rotatable bonds is 4. The van der Waals surface area contributed by atoms with Crippen molar-refractivity contribution in [2.45, 2.75) is 19.3 Å². The second-order valence-corrected chi connectivity index (χ2v) is 5.66. The number of methoxy groups -OCH3 is 1. The van der Waals surface area contributed by atoms with E-state index >= 15 is 0 Å². The summed E-state index contributed by atoms with van der Waals surface area (Å²) in [5.41, 5.74) is 0.112. The average molecular weight is 313 g/mol. The minimum Gasteiger partial charge on any atom is -0.497 e. The Balaban J connectivity index is 2.65. The molecule has 5 heteroatoms. The van der Waals surface area contributed by atoms with Crippen LogP contribution in [-0.4, -0.2) is 18.2 Å². The van der Waals surface area contributed by atoms with Gasteiger partial charge in [-0.25, -0.2) is 9.18 Å². The van der Waals surface area contributed by atoms with E-state index in [1.807, 2.05) is 0 Å². The lowest BCUT2D eigenvalue weighted by atomic mass is 9.84. The molecule has 0 aliphatic carbocycles. The van der Waals surface area contributed by atoms with Crippen molar-refractivity contribution in [2.75, 3.05) is 7.11 Å². The molecule has 4 nitrogen and oxygen atoms in total. The lowest BCUT2D eigenvalue weighted by Crippen LogP contribution is -2.17. The van der Waals surface area contributed by atoms with Gasteiger partial charge in [-0.3, -0.25) is 0 Å². The van der Waals surface area contributed by atoms with E-state index < -0.39 is 17.2 Å². The predicted molar refractivity (Wildman–Crippen MR) is 84.0 cm³/mol. The molecule has 1 N–H and O–H groups in total. The summed E-state index contributed by atoms with van der Waals surface area (Å²) in [5.74, 6) is -1.13. The zero-order valence-corrected chi connectivity index (χ0v) is 13.1. The van der Waals surface area contributed by atoms with E-state index in [1.165, 1.54) is 43.5 Å². The van der Waals surface area contributed by atoms with E-state index in [9.17, 15) is 14.4 Å². The van der Waals surface area contributed by atoms with Crippen molar-refractivity contribution in [3.05, 3.63) is 53.3 Å². The highest BCUT2D eigenvalue weighted by Gasteiger charge is 2.27. The third-order valence-corrected chi connectivity index (χ3v) is 3.68. The number of hydrogen-bond acceptors (Lipinski definition) is 3. The van der Waals surface area contributed by atoms with Gasteiger partial charge in [-0.15, -0.1) is 0 Å². The highest BCUT2D eigenvalue weighted by molar-refractivity contribution is 5.88. The van der Waals surface area contributed by atoms with Gasteiger partial charge in [0.15, 0.2) is 0 Å². The summed E-state index contributed by atoms with van der Waals surface area (Å²) in [6, 6.07) is 11.0. The lowest BCUT2D eigenvalue weighted by molar-refractivity contribution is 0.0697. The van der Waals surface area contributed by atoms with Crippen LogP contribution in [-0.2, 0) is 5.41 Å². The maximum atomic E-state index is 14.9. The summed E-state index contributed by atoms with van der Waals surface area (Å²) in [4.78, 5) is 10.9. The van der Waals surface area contributed by atoms with Crippen LogP contribution in [0.1, 0.15) is 29.8 Å². The van der Waals surface area contributed by atoms with Crippen molar-refractivity contribution in [1.82, 2.24) is 0 Å². The lowest BCUT2D eigenvalue weighted by Gasteiger charge is -2.20. The summed E-state index contributed by atoms with van der Waals surface area (Å²) in [5, 5.41) is 18.2. The molecule has 0 heterocycles. The number of nitriles is 1. The number of aromatic carboxylic acids is 1. The van der Waals surface area contributed by atoms with Crippen LogP contribution >= 0.6 is 0 Å². The zero-order valence-electron chi connectivity index (χ0n) is 13.1. The van der Waals surface area contributed by atoms with E-state index in [0.717, 1.165) is 0 Å². The second-order valence-electron chi connectivity index (χ2n) is 5.66. The zero-order chi connectivity index (χ0) is 17.2. The third-order valence-electron chi connectivity index (χ3n) is 3.68. The van der Waals surface area contributed by atoms with Crippen molar-refractivity contribution < 1.29 is 19.0 Å². The molecular weight excluding hydrogens is 297 g/mol. The fourth-order valence-corrected chi connectivity index (χ4v) is 2.23. The number of nitrogens with zero attached hydrogens (tertiary/aromatic N) is 1. The van der Waals surface area contributed by atoms with Gasteiger partial charge < -0.3 is 9.84 Å². The van der Waals surface area contributed by atoms with E-state index in [1.54, 1.807) is 13.8 Å². The molecule has 2 rings (SSSR count). The van der Waals surface area contributed by atoms with Crippen molar-refractivity contribution in [3.8, 4) is 22.9 Å². The van der Waals surface area contributed by atoms with E-state index in [4.69, 9.17) is 9.84 Å². The van der Waals surface area contributed by atoms with E-state index in [0.29, 0.717) is 11.3 Å². The molecule has 118 valence electrons. The van der Waals surface area contributed by atoms with Gasteiger partial charge in [0.1, 0.15) is 11.6 Å². The summed E-state index contributed by atoms with van der Waals surface area (Å²) in [6.07, 6.45) is 0. The minimum atomic E-state index is -1.05. The number of carboxylic acid groups (broad SMARTS) is 1. The Morgan fingerprint density at radius 2 is 1.87 bits per heavy atom. The Hall–Kier alpha value is -2.87. The van der Waals surface area contributed by atoms with Crippen LogP contribution in [0.3, 0.4) is 0 Å². The Kier molecular flexibility index (Phi) is 4.37. The molecule has 23 heavy (non-hydrogen) atoms. The SMILES string of the molecule is COc1cc(-c2ccc(C(=O)O)cc2)c(F)c(C(C)(C)C#N)c1. The molecule has 0 unspecified atom stereocenters. The van der Waals surface area contributed by atoms with Crippen LogP contribution in [0.15, 0.2) is 36.4 Å². The van der Waals surface area contributed by atoms with E-state index in [-0.39, 0.29) is 16.7 Å². The molecule has 0 aliphatic rings. The molecule has 0 bridgehead atoms. The van der Waals surface area contributed by atoms with Gasteiger partial charge in [-0.1, -0.05) is 12.1 Å². The van der Waals surface area contributed by atoms with Gasteiger partial charge in [0.2, 0.25) is 0 Å². The maximum absolute atomic E-state index is 14.9. The van der Waals surface area contributed by atoms with Crippen molar-refractivity contribution in [2.24, 2.45) is 0 Å². The Bertz CT molecular complexity index is 789. The number of carbonyl (C=O) groups is 1. The number of halogens is 1. The largest absolute Gasteiger partial charge is 0.497 e. The Labute approximate surface area is 133 Å². The fourth-order valence-electron chi connectivity index (χ4n) is 2.23. The standard InChI is InChI=1S/C18H16FNO3/c1-18(2,10-20)15-9-13(23-3)8-14(16(15)19)11-4-6-12(7-5-11)17(21)22/h4-9H,1-3H3,(H,21,22). The van der Waals surface area contributed by atoms with Crippen LogP contribution in [0.25, 0.3) is 11.1 Å². The molecule has 2 aromatic rings. The normalized spacial score (nSPS) is 10.9. The molecule has 0 aromatic heterocycles. The quantitative estimate of drug-likeness (QED) is 0.926. The van der Waals surface area contributed by atoms with Gasteiger partial charge in [0.25, 0.3) is 0 Å². The molecular formula is C18H16FNO3. The van der Waals surface area contributed by atoms with Crippen LogP contribution in [0, 0.1) is 17.1 Å². The fraction of sp³-hybridized carbons (Fsp3) is 0.222. The molecule has 0 spiro atoms. The first-order chi connectivity index (χ1) is 10.8. The Morgan fingerprint density at radius 1 is 1.26 bits per heavy atom. The van der Waals surface area contributed by atoms with Crippen LogP contribution in [0.5, 0.6) is 5.75 Å². The minimum absolute atomic E-state index is 0.120. The second kappa shape index (κ2) is 6.09. The smallest absolute Gasteiger partial charge is 0.335 e. The van der Waals surface area contributed by atoms with Gasteiger partial charge in [-0.05, 0) is 43.7 Å². The molecule has 0 fully saturated rings. The molecule has 0 amide bonds. The third kappa shape index (κ3) is 3.16. The summed E-state index contributed by atoms with van der Waals surface area (Å²) in [7, 11) is 1.47. The first-order valence-corrected chi connectivity index (χ1v) is 6.93. The predicted octanol–water partition coefficient (Wildman–Crippen LogP) is 4.00. The van der Waals surface area contributed by atoms with E-state index in [2.05, 4.69) is 6.07 Å². The summed E-state index contributed by atoms with van der Waals surface area (Å²) >= 11 is 0. The maximum Gasteiger partial charge on any atom is 0.335 e. The molecule has 0 aliphatic heterocycles. The molecule has 0 saturated carbocycles. The van der Waals surface area contributed by atoms with Gasteiger partial charge >= 0.3 is 5.97 Å². The number of hydrogen-bond donors (Lipinski definition) is 1.